The van der Waals surface area contributed by atoms with E-state index < -0.39 is 32.1 Å². The molecule has 1 unspecified atom stereocenters. The van der Waals surface area contributed by atoms with Crippen molar-refractivity contribution < 1.29 is 30.8 Å². The van der Waals surface area contributed by atoms with Gasteiger partial charge in [0, 0.05) is 13.1 Å². The minimum Gasteiger partial charge on any atom is -0.373 e. The second kappa shape index (κ2) is 7.42. The molecule has 1 atom stereocenters. The number of benzene rings is 2. The lowest BCUT2D eigenvalue weighted by Gasteiger charge is -2.19. The summed E-state index contributed by atoms with van der Waals surface area (Å²) in [7, 11) is -5.56. The SMILES string of the molecule is O=C1C(Nc2ccccc2S(=O)(=O)C(F)(F)F)CCN1Cc1ccc(F)cc1. The Kier molecular flexibility index (Phi) is 5.33. The van der Waals surface area contributed by atoms with Crippen LogP contribution in [0, 0.1) is 5.82 Å². The summed E-state index contributed by atoms with van der Waals surface area (Å²) in [6.45, 7) is 0.557. The number of halogens is 4. The topological polar surface area (TPSA) is 66.5 Å². The normalized spacial score (nSPS) is 17.8. The van der Waals surface area contributed by atoms with Gasteiger partial charge in [0.05, 0.1) is 10.6 Å². The number of carbonyl (C=O) groups is 1. The second-order valence-corrected chi connectivity index (χ2v) is 8.23. The molecule has 5 nitrogen and oxygen atoms in total. The smallest absolute Gasteiger partial charge is 0.373 e. The highest BCUT2D eigenvalue weighted by atomic mass is 32.2. The highest BCUT2D eigenvalue weighted by Gasteiger charge is 2.48. The van der Waals surface area contributed by atoms with E-state index in [1.54, 1.807) is 0 Å². The molecule has 0 aliphatic carbocycles. The van der Waals surface area contributed by atoms with Crippen molar-refractivity contribution in [3.63, 3.8) is 0 Å². The zero-order valence-corrected chi connectivity index (χ0v) is 15.2. The van der Waals surface area contributed by atoms with Gasteiger partial charge in [-0.05, 0) is 36.2 Å². The summed E-state index contributed by atoms with van der Waals surface area (Å²) in [5, 5.41) is 2.63. The third-order valence-electron chi connectivity index (χ3n) is 4.40. The number of alkyl halides is 3. The van der Waals surface area contributed by atoms with E-state index in [2.05, 4.69) is 5.32 Å². The van der Waals surface area contributed by atoms with Gasteiger partial charge in [-0.1, -0.05) is 24.3 Å². The molecule has 0 bridgehead atoms. The van der Waals surface area contributed by atoms with E-state index in [4.69, 9.17) is 0 Å². The van der Waals surface area contributed by atoms with Crippen LogP contribution in [0.5, 0.6) is 0 Å². The number of para-hydroxylation sites is 1. The van der Waals surface area contributed by atoms with Crippen molar-refractivity contribution in [3.8, 4) is 0 Å². The molecule has 0 saturated carbocycles. The summed E-state index contributed by atoms with van der Waals surface area (Å²) in [5.41, 5.74) is -5.02. The predicted molar refractivity (Wildman–Crippen MR) is 93.5 cm³/mol. The van der Waals surface area contributed by atoms with E-state index >= 15 is 0 Å². The Morgan fingerprint density at radius 2 is 1.71 bits per heavy atom. The maximum atomic E-state index is 13.0. The summed E-state index contributed by atoms with van der Waals surface area (Å²) in [5.74, 6) is -0.776. The van der Waals surface area contributed by atoms with Gasteiger partial charge in [-0.25, -0.2) is 12.8 Å². The van der Waals surface area contributed by atoms with Crippen molar-refractivity contribution >= 4 is 21.4 Å². The van der Waals surface area contributed by atoms with E-state index in [-0.39, 0.29) is 18.1 Å². The zero-order valence-electron chi connectivity index (χ0n) is 14.4. The van der Waals surface area contributed by atoms with Crippen molar-refractivity contribution in [3.05, 3.63) is 59.9 Å². The van der Waals surface area contributed by atoms with Crippen molar-refractivity contribution in [1.29, 1.82) is 0 Å². The van der Waals surface area contributed by atoms with Gasteiger partial charge in [-0.2, -0.15) is 13.2 Å². The van der Waals surface area contributed by atoms with E-state index in [0.29, 0.717) is 18.5 Å². The largest absolute Gasteiger partial charge is 0.501 e. The van der Waals surface area contributed by atoms with Crippen LogP contribution in [0.15, 0.2) is 53.4 Å². The number of nitrogens with one attached hydrogen (secondary N) is 1. The molecule has 1 fully saturated rings. The highest BCUT2D eigenvalue weighted by Crippen LogP contribution is 2.35. The average molecular weight is 416 g/mol. The first-order valence-electron chi connectivity index (χ1n) is 8.30. The predicted octanol–water partition coefficient (Wildman–Crippen LogP) is 3.33. The van der Waals surface area contributed by atoms with E-state index in [0.717, 1.165) is 6.07 Å². The summed E-state index contributed by atoms with van der Waals surface area (Å²) in [6, 6.07) is 9.35. The van der Waals surface area contributed by atoms with Crippen molar-refractivity contribution in [2.75, 3.05) is 11.9 Å². The number of sulfone groups is 1. The van der Waals surface area contributed by atoms with Crippen LogP contribution in [0.2, 0.25) is 0 Å². The molecule has 10 heteroatoms. The fourth-order valence-corrected chi connectivity index (χ4v) is 3.90. The molecule has 1 aliphatic heterocycles. The molecule has 1 aliphatic rings. The lowest BCUT2D eigenvalue weighted by atomic mass is 10.2. The third-order valence-corrected chi connectivity index (χ3v) is 5.94. The molecule has 0 radical (unpaired) electrons. The average Bonchev–Trinajstić information content (AvgIpc) is 2.96. The fraction of sp³-hybridized carbons (Fsp3) is 0.278. The van der Waals surface area contributed by atoms with Crippen LogP contribution >= 0.6 is 0 Å². The number of hydrogen-bond donors (Lipinski definition) is 1. The van der Waals surface area contributed by atoms with Gasteiger partial charge in [-0.3, -0.25) is 4.79 Å². The molecule has 0 spiro atoms. The molecule has 1 saturated heterocycles. The molecule has 1 N–H and O–H groups in total. The highest BCUT2D eigenvalue weighted by molar-refractivity contribution is 7.92. The molecule has 1 heterocycles. The molecule has 2 aromatic carbocycles. The molecule has 1 amide bonds. The fourth-order valence-electron chi connectivity index (χ4n) is 2.97. The van der Waals surface area contributed by atoms with E-state index in [1.807, 2.05) is 0 Å². The molecular formula is C18H16F4N2O3S. The van der Waals surface area contributed by atoms with Gasteiger partial charge in [-0.15, -0.1) is 0 Å². The first-order valence-corrected chi connectivity index (χ1v) is 9.78. The van der Waals surface area contributed by atoms with E-state index in [9.17, 15) is 30.8 Å². The molecular weight excluding hydrogens is 400 g/mol. The van der Waals surface area contributed by atoms with Gasteiger partial charge in [0.15, 0.2) is 0 Å². The van der Waals surface area contributed by atoms with Crippen LogP contribution in [0.1, 0.15) is 12.0 Å². The Bertz CT molecular complexity index is 975. The van der Waals surface area contributed by atoms with Crippen LogP contribution in [-0.4, -0.2) is 37.3 Å². The monoisotopic (exact) mass is 416 g/mol. The number of anilines is 1. The van der Waals surface area contributed by atoms with Crippen LogP contribution in [0.4, 0.5) is 23.2 Å². The number of likely N-dealkylation sites (tertiary alicyclic amines) is 1. The third kappa shape index (κ3) is 3.96. The Balaban J connectivity index is 1.77. The maximum absolute atomic E-state index is 13.0. The molecule has 2 aromatic rings. The summed E-state index contributed by atoms with van der Waals surface area (Å²) < 4.78 is 75.2. The second-order valence-electron chi connectivity index (χ2n) is 6.32. The first-order chi connectivity index (χ1) is 13.1. The number of amides is 1. The van der Waals surface area contributed by atoms with Crippen LogP contribution < -0.4 is 5.32 Å². The first kappa shape index (κ1) is 20.1. The summed E-state index contributed by atoms with van der Waals surface area (Å²) >= 11 is 0. The quantitative estimate of drug-likeness (QED) is 0.760. The maximum Gasteiger partial charge on any atom is 0.501 e. The Morgan fingerprint density at radius 1 is 1.07 bits per heavy atom. The minimum absolute atomic E-state index is 0.222. The van der Waals surface area contributed by atoms with Gasteiger partial charge in [0.25, 0.3) is 9.84 Å². The summed E-state index contributed by atoms with van der Waals surface area (Å²) in [6.07, 6.45) is 0.292. The number of rotatable bonds is 5. The lowest BCUT2D eigenvalue weighted by Crippen LogP contribution is -2.34. The van der Waals surface area contributed by atoms with Gasteiger partial charge in [0.1, 0.15) is 11.9 Å². The van der Waals surface area contributed by atoms with Crippen LogP contribution in [-0.2, 0) is 21.2 Å². The molecule has 0 aromatic heterocycles. The summed E-state index contributed by atoms with van der Waals surface area (Å²) in [4.78, 5) is 13.1. The van der Waals surface area contributed by atoms with Crippen LogP contribution in [0.25, 0.3) is 0 Å². The van der Waals surface area contributed by atoms with Crippen molar-refractivity contribution in [2.24, 2.45) is 0 Å². The number of nitrogens with zero attached hydrogens (tertiary/aromatic N) is 1. The minimum atomic E-state index is -5.56. The number of carbonyl (C=O) groups excluding carboxylic acids is 1. The van der Waals surface area contributed by atoms with Crippen molar-refractivity contribution in [1.82, 2.24) is 4.90 Å². The van der Waals surface area contributed by atoms with E-state index in [1.165, 1.54) is 47.4 Å². The Labute approximate surface area is 158 Å². The standard InChI is InChI=1S/C18H16F4N2O3S/c19-13-7-5-12(6-8-13)11-24-10-9-15(17(24)25)23-14-3-1-2-4-16(14)28(26,27)18(20,21)22/h1-8,15,23H,9-11H2. The molecule has 150 valence electrons. The van der Waals surface area contributed by atoms with Crippen LogP contribution in [0.3, 0.4) is 0 Å². The molecule has 3 rings (SSSR count). The zero-order chi connectivity index (χ0) is 20.5. The Hall–Kier alpha value is -2.62. The lowest BCUT2D eigenvalue weighted by molar-refractivity contribution is -0.128. The van der Waals surface area contributed by atoms with Gasteiger partial charge >= 0.3 is 5.51 Å². The van der Waals surface area contributed by atoms with Gasteiger partial charge < -0.3 is 10.2 Å². The van der Waals surface area contributed by atoms with Crippen molar-refractivity contribution in [2.45, 2.75) is 29.4 Å². The number of hydrogen-bond acceptors (Lipinski definition) is 4. The Morgan fingerprint density at radius 3 is 2.36 bits per heavy atom. The van der Waals surface area contributed by atoms with Gasteiger partial charge in [0.2, 0.25) is 5.91 Å². The molecule has 28 heavy (non-hydrogen) atoms.